The van der Waals surface area contributed by atoms with E-state index in [2.05, 4.69) is 12.1 Å². The molecule has 1 amide bonds. The lowest BCUT2D eigenvalue weighted by molar-refractivity contribution is 0.00920. The van der Waals surface area contributed by atoms with Crippen molar-refractivity contribution in [2.75, 3.05) is 19.7 Å². The van der Waals surface area contributed by atoms with Crippen molar-refractivity contribution < 1.29 is 23.8 Å². The molecule has 0 bridgehead atoms. The molecule has 1 aromatic heterocycles. The van der Waals surface area contributed by atoms with Crippen molar-refractivity contribution in [3.8, 4) is 0 Å². The number of likely N-dealkylation sites (tertiary alicyclic amines) is 1. The summed E-state index contributed by atoms with van der Waals surface area (Å²) in [4.78, 5) is 24.9. The highest BCUT2D eigenvalue weighted by atomic mass is 16.5. The smallest absolute Gasteiger partial charge is 0.338 e. The van der Waals surface area contributed by atoms with Gasteiger partial charge in [0.1, 0.15) is 6.26 Å². The van der Waals surface area contributed by atoms with Crippen LogP contribution < -0.4 is 0 Å². The van der Waals surface area contributed by atoms with E-state index < -0.39 is 5.97 Å². The number of piperidine rings is 1. The van der Waals surface area contributed by atoms with Crippen LogP contribution in [0.15, 0.2) is 47.1 Å². The molecule has 132 valence electrons. The highest BCUT2D eigenvalue weighted by Crippen LogP contribution is 2.18. The van der Waals surface area contributed by atoms with Gasteiger partial charge in [-0.1, -0.05) is 30.3 Å². The molecule has 25 heavy (non-hydrogen) atoms. The Kier molecular flexibility index (Phi) is 5.50. The average Bonchev–Trinajstić information content (AvgIpc) is 3.13. The van der Waals surface area contributed by atoms with Crippen molar-refractivity contribution in [3.63, 3.8) is 0 Å². The molecular weight excluding hydrogens is 322 g/mol. The number of carbonyl (C=O) groups excluding carboxylic acids is 1. The fourth-order valence-corrected chi connectivity index (χ4v) is 2.93. The van der Waals surface area contributed by atoms with Gasteiger partial charge in [-0.2, -0.15) is 0 Å². The average molecular weight is 343 g/mol. The van der Waals surface area contributed by atoms with Crippen LogP contribution in [0.4, 0.5) is 0 Å². The van der Waals surface area contributed by atoms with Crippen molar-refractivity contribution in [2.24, 2.45) is 0 Å². The summed E-state index contributed by atoms with van der Waals surface area (Å²) in [6.45, 7) is 1.83. The van der Waals surface area contributed by atoms with E-state index in [0.717, 1.165) is 25.5 Å². The fraction of sp³-hybridized carbons (Fsp3) is 0.368. The first-order valence-corrected chi connectivity index (χ1v) is 8.40. The Bertz CT molecular complexity index is 716. The first-order chi connectivity index (χ1) is 12.1. The van der Waals surface area contributed by atoms with E-state index in [0.29, 0.717) is 19.7 Å². The Morgan fingerprint density at radius 1 is 1.20 bits per heavy atom. The summed E-state index contributed by atoms with van der Waals surface area (Å²) in [6.07, 6.45) is 3.67. The van der Waals surface area contributed by atoms with Crippen LogP contribution in [0.1, 0.15) is 39.3 Å². The standard InChI is InChI=1S/C19H21NO5/c21-18(17-12-15(13-25-17)19(22)23)20-9-6-16(7-10-20)24-11-8-14-4-2-1-3-5-14/h1-5,12-13,16H,6-11H2,(H,22,23). The predicted octanol–water partition coefficient (Wildman–Crippen LogP) is 2.84. The number of carbonyl (C=O) groups is 2. The summed E-state index contributed by atoms with van der Waals surface area (Å²) in [5.41, 5.74) is 1.24. The van der Waals surface area contributed by atoms with Gasteiger partial charge in [-0.3, -0.25) is 4.79 Å². The molecule has 1 aromatic carbocycles. The number of carboxylic acid groups (broad SMARTS) is 1. The number of carboxylic acids is 1. The van der Waals surface area contributed by atoms with Crippen LogP contribution in [-0.4, -0.2) is 47.7 Å². The third-order valence-electron chi connectivity index (χ3n) is 4.37. The maximum absolute atomic E-state index is 12.3. The SMILES string of the molecule is O=C(O)c1coc(C(=O)N2CCC(OCCc3ccccc3)CC2)c1. The lowest BCUT2D eigenvalue weighted by Gasteiger charge is -2.31. The molecule has 0 spiro atoms. The molecule has 2 aromatic rings. The van der Waals surface area contributed by atoms with Gasteiger partial charge < -0.3 is 19.2 Å². The summed E-state index contributed by atoms with van der Waals surface area (Å²) in [5.74, 6) is -1.30. The third kappa shape index (κ3) is 4.48. The van der Waals surface area contributed by atoms with Crippen LogP contribution in [0.5, 0.6) is 0 Å². The largest absolute Gasteiger partial charge is 0.478 e. The maximum atomic E-state index is 12.3. The van der Waals surface area contributed by atoms with Crippen molar-refractivity contribution in [2.45, 2.75) is 25.4 Å². The van der Waals surface area contributed by atoms with Crippen LogP contribution in [0, 0.1) is 0 Å². The minimum atomic E-state index is -1.10. The van der Waals surface area contributed by atoms with Gasteiger partial charge in [0.25, 0.3) is 5.91 Å². The number of ether oxygens (including phenoxy) is 1. The van der Waals surface area contributed by atoms with Crippen molar-refractivity contribution >= 4 is 11.9 Å². The van der Waals surface area contributed by atoms with Gasteiger partial charge in [0.05, 0.1) is 18.3 Å². The molecule has 0 saturated carbocycles. The van der Waals surface area contributed by atoms with Crippen LogP contribution in [-0.2, 0) is 11.2 Å². The van der Waals surface area contributed by atoms with Crippen LogP contribution in [0.3, 0.4) is 0 Å². The summed E-state index contributed by atoms with van der Waals surface area (Å²) in [6, 6.07) is 11.5. The Labute approximate surface area is 146 Å². The van der Waals surface area contributed by atoms with E-state index in [4.69, 9.17) is 14.3 Å². The molecule has 3 rings (SSSR count). The van der Waals surface area contributed by atoms with E-state index in [1.807, 2.05) is 18.2 Å². The molecule has 6 nitrogen and oxygen atoms in total. The normalized spacial score (nSPS) is 15.3. The van der Waals surface area contributed by atoms with E-state index in [9.17, 15) is 9.59 Å². The molecule has 1 aliphatic heterocycles. The molecule has 1 aliphatic rings. The lowest BCUT2D eigenvalue weighted by Crippen LogP contribution is -2.40. The van der Waals surface area contributed by atoms with Crippen molar-refractivity contribution in [3.05, 3.63) is 59.5 Å². The minimum Gasteiger partial charge on any atom is -0.478 e. The number of aromatic carboxylic acids is 1. The molecule has 0 unspecified atom stereocenters. The molecule has 1 fully saturated rings. The summed E-state index contributed by atoms with van der Waals surface area (Å²) < 4.78 is 11.0. The van der Waals surface area contributed by atoms with Crippen molar-refractivity contribution in [1.82, 2.24) is 4.90 Å². The number of amides is 1. The van der Waals surface area contributed by atoms with Gasteiger partial charge in [-0.25, -0.2) is 4.79 Å². The number of benzene rings is 1. The molecule has 0 aliphatic carbocycles. The molecule has 0 atom stereocenters. The number of rotatable bonds is 6. The molecule has 6 heteroatoms. The second kappa shape index (κ2) is 7.98. The number of furan rings is 1. The zero-order valence-electron chi connectivity index (χ0n) is 13.9. The summed E-state index contributed by atoms with van der Waals surface area (Å²) in [7, 11) is 0. The van der Waals surface area contributed by atoms with Gasteiger partial charge >= 0.3 is 5.97 Å². The van der Waals surface area contributed by atoms with E-state index in [1.54, 1.807) is 4.90 Å². The summed E-state index contributed by atoms with van der Waals surface area (Å²) in [5, 5.41) is 8.89. The molecular formula is C19H21NO5. The Balaban J connectivity index is 1.43. The molecule has 0 radical (unpaired) electrons. The van der Waals surface area contributed by atoms with Gasteiger partial charge in [-0.15, -0.1) is 0 Å². The van der Waals surface area contributed by atoms with Crippen molar-refractivity contribution in [1.29, 1.82) is 0 Å². The second-order valence-corrected chi connectivity index (χ2v) is 6.10. The van der Waals surface area contributed by atoms with E-state index in [1.165, 1.54) is 11.6 Å². The molecule has 1 N–H and O–H groups in total. The molecule has 1 saturated heterocycles. The van der Waals surface area contributed by atoms with Gasteiger partial charge in [0.2, 0.25) is 0 Å². The second-order valence-electron chi connectivity index (χ2n) is 6.10. The van der Waals surface area contributed by atoms with Crippen LogP contribution >= 0.6 is 0 Å². The zero-order chi connectivity index (χ0) is 17.6. The first-order valence-electron chi connectivity index (χ1n) is 8.40. The van der Waals surface area contributed by atoms with Gasteiger partial charge in [-0.05, 0) is 24.8 Å². The fourth-order valence-electron chi connectivity index (χ4n) is 2.93. The monoisotopic (exact) mass is 343 g/mol. The zero-order valence-corrected chi connectivity index (χ0v) is 13.9. The highest BCUT2D eigenvalue weighted by Gasteiger charge is 2.26. The predicted molar refractivity (Wildman–Crippen MR) is 90.7 cm³/mol. The number of nitrogens with zero attached hydrogens (tertiary/aromatic N) is 1. The Morgan fingerprint density at radius 2 is 1.92 bits per heavy atom. The Morgan fingerprint density at radius 3 is 2.56 bits per heavy atom. The van der Waals surface area contributed by atoms with E-state index in [-0.39, 0.29) is 23.3 Å². The molecule has 2 heterocycles. The number of hydrogen-bond acceptors (Lipinski definition) is 4. The van der Waals surface area contributed by atoms with Crippen LogP contribution in [0.25, 0.3) is 0 Å². The first kappa shape index (κ1) is 17.2. The van der Waals surface area contributed by atoms with Gasteiger partial charge in [0.15, 0.2) is 5.76 Å². The maximum Gasteiger partial charge on any atom is 0.338 e. The van der Waals surface area contributed by atoms with Gasteiger partial charge in [0, 0.05) is 19.2 Å². The number of hydrogen-bond donors (Lipinski definition) is 1. The topological polar surface area (TPSA) is 80.0 Å². The highest BCUT2D eigenvalue weighted by molar-refractivity contribution is 5.95. The van der Waals surface area contributed by atoms with Crippen LogP contribution in [0.2, 0.25) is 0 Å². The third-order valence-corrected chi connectivity index (χ3v) is 4.37. The lowest BCUT2D eigenvalue weighted by atomic mass is 10.1. The quantitative estimate of drug-likeness (QED) is 0.872. The Hall–Kier alpha value is -2.60. The van der Waals surface area contributed by atoms with E-state index >= 15 is 0 Å². The minimum absolute atomic E-state index is 0.0116. The summed E-state index contributed by atoms with van der Waals surface area (Å²) >= 11 is 0.